The molecule has 0 N–H and O–H groups in total. The third-order valence-corrected chi connectivity index (χ3v) is 5.68. The summed E-state index contributed by atoms with van der Waals surface area (Å²) in [6, 6.07) is 20.8. The first kappa shape index (κ1) is 16.6. The molecule has 0 atom stereocenters. The summed E-state index contributed by atoms with van der Waals surface area (Å²) in [6.45, 7) is -0.113. The second-order valence-corrected chi connectivity index (χ2v) is 7.48. The quantitative estimate of drug-likeness (QED) is 0.418. The van der Waals surface area contributed by atoms with E-state index in [1.54, 1.807) is 6.07 Å². The van der Waals surface area contributed by atoms with Crippen LogP contribution in [0.4, 0.5) is 0 Å². The molecular weight excluding hydrogens is 372 g/mol. The average molecular weight is 386 g/mol. The molecule has 0 radical (unpaired) electrons. The van der Waals surface area contributed by atoms with E-state index >= 15 is 0 Å². The zero-order valence-corrected chi connectivity index (χ0v) is 15.5. The van der Waals surface area contributed by atoms with Crippen LogP contribution in [-0.2, 0) is 6.54 Å². The summed E-state index contributed by atoms with van der Waals surface area (Å²) in [6.07, 6.45) is 1.43. The van der Waals surface area contributed by atoms with Crippen LogP contribution in [0.25, 0.3) is 31.6 Å². The lowest BCUT2D eigenvalue weighted by Gasteiger charge is -2.02. The van der Waals surface area contributed by atoms with Crippen molar-refractivity contribution in [2.45, 2.75) is 6.54 Å². The fourth-order valence-corrected chi connectivity index (χ4v) is 4.16. The van der Waals surface area contributed by atoms with E-state index < -0.39 is 0 Å². The van der Waals surface area contributed by atoms with Gasteiger partial charge in [-0.15, -0.1) is 11.3 Å². The molecule has 5 nitrogen and oxygen atoms in total. The van der Waals surface area contributed by atoms with Gasteiger partial charge >= 0.3 is 0 Å². The SMILES string of the molecule is O=C(Cn1cnc2sc(-c3ccccc3)cc2c1=O)c1cc2ccccc2o1. The van der Waals surface area contributed by atoms with Crippen LogP contribution in [0.2, 0.25) is 0 Å². The smallest absolute Gasteiger partial charge is 0.262 e. The number of carbonyl (C=O) groups is 1. The Balaban J connectivity index is 1.49. The molecule has 0 unspecified atom stereocenters. The molecule has 28 heavy (non-hydrogen) atoms. The number of carbonyl (C=O) groups excluding carboxylic acids is 1. The second-order valence-electron chi connectivity index (χ2n) is 6.44. The largest absolute Gasteiger partial charge is 0.453 e. The van der Waals surface area contributed by atoms with Gasteiger partial charge in [-0.05, 0) is 23.8 Å². The fourth-order valence-electron chi connectivity index (χ4n) is 3.17. The highest BCUT2D eigenvalue weighted by molar-refractivity contribution is 7.21. The van der Waals surface area contributed by atoms with Crippen molar-refractivity contribution in [2.24, 2.45) is 0 Å². The molecule has 0 aliphatic carbocycles. The van der Waals surface area contributed by atoms with Gasteiger partial charge in [0.05, 0.1) is 18.3 Å². The molecule has 0 aliphatic heterocycles. The molecule has 0 amide bonds. The third-order valence-electron chi connectivity index (χ3n) is 4.59. The molecule has 2 aromatic carbocycles. The number of para-hydroxylation sites is 1. The minimum Gasteiger partial charge on any atom is -0.453 e. The van der Waals surface area contributed by atoms with Crippen LogP contribution in [0.5, 0.6) is 0 Å². The first-order valence-electron chi connectivity index (χ1n) is 8.75. The molecule has 0 saturated carbocycles. The molecule has 3 heterocycles. The number of rotatable bonds is 4. The normalized spacial score (nSPS) is 11.3. The van der Waals surface area contributed by atoms with Gasteiger partial charge in [0.25, 0.3) is 5.56 Å². The topological polar surface area (TPSA) is 65.1 Å². The number of benzene rings is 2. The number of thiophene rings is 1. The standard InChI is InChI=1S/C22H14N2O3S/c25-17(19-10-15-8-4-5-9-18(15)27-19)12-24-13-23-21-16(22(24)26)11-20(28-21)14-6-2-1-3-7-14/h1-11,13H,12H2. The highest BCUT2D eigenvalue weighted by atomic mass is 32.1. The number of hydrogen-bond donors (Lipinski definition) is 0. The van der Waals surface area contributed by atoms with E-state index in [0.29, 0.717) is 15.8 Å². The van der Waals surface area contributed by atoms with Crippen molar-refractivity contribution in [1.29, 1.82) is 0 Å². The summed E-state index contributed by atoms with van der Waals surface area (Å²) in [4.78, 5) is 31.5. The van der Waals surface area contributed by atoms with E-state index in [1.807, 2.05) is 60.7 Å². The lowest BCUT2D eigenvalue weighted by atomic mass is 10.2. The Morgan fingerprint density at radius 2 is 1.82 bits per heavy atom. The number of hydrogen-bond acceptors (Lipinski definition) is 5. The van der Waals surface area contributed by atoms with Gasteiger partial charge in [-0.1, -0.05) is 48.5 Å². The molecule has 0 bridgehead atoms. The van der Waals surface area contributed by atoms with Gasteiger partial charge in [-0.25, -0.2) is 4.98 Å². The van der Waals surface area contributed by atoms with Crippen LogP contribution in [0.3, 0.4) is 0 Å². The first-order valence-corrected chi connectivity index (χ1v) is 9.57. The maximum atomic E-state index is 12.9. The van der Waals surface area contributed by atoms with E-state index in [-0.39, 0.29) is 23.6 Å². The summed E-state index contributed by atoms with van der Waals surface area (Å²) >= 11 is 1.46. The molecule has 5 rings (SSSR count). The van der Waals surface area contributed by atoms with Gasteiger partial charge in [0, 0.05) is 10.3 Å². The molecule has 0 aliphatic rings. The zero-order chi connectivity index (χ0) is 19.1. The summed E-state index contributed by atoms with van der Waals surface area (Å²) < 4.78 is 6.94. The highest BCUT2D eigenvalue weighted by Gasteiger charge is 2.16. The van der Waals surface area contributed by atoms with E-state index in [0.717, 1.165) is 15.8 Å². The third kappa shape index (κ3) is 2.84. The Kier molecular flexibility index (Phi) is 3.91. The number of nitrogens with zero attached hydrogens (tertiary/aromatic N) is 2. The predicted octanol–water partition coefficient (Wildman–Crippen LogP) is 4.75. The van der Waals surface area contributed by atoms with Gasteiger partial charge in [0.15, 0.2) is 5.76 Å². The molecule has 0 fully saturated rings. The Morgan fingerprint density at radius 3 is 2.64 bits per heavy atom. The predicted molar refractivity (Wildman–Crippen MR) is 110 cm³/mol. The minimum absolute atomic E-state index is 0.113. The maximum Gasteiger partial charge on any atom is 0.262 e. The summed E-state index contributed by atoms with van der Waals surface area (Å²) in [5, 5.41) is 1.38. The number of ketones is 1. The number of furan rings is 1. The van der Waals surface area contributed by atoms with Crippen molar-refractivity contribution in [3.63, 3.8) is 0 Å². The van der Waals surface area contributed by atoms with Gasteiger partial charge < -0.3 is 4.42 Å². The Hall–Kier alpha value is -3.51. The van der Waals surface area contributed by atoms with Crippen LogP contribution in [0.15, 0.2) is 82.3 Å². The van der Waals surface area contributed by atoms with Crippen molar-refractivity contribution in [3.05, 3.63) is 89.2 Å². The van der Waals surface area contributed by atoms with Gasteiger partial charge in [0.1, 0.15) is 10.4 Å². The van der Waals surface area contributed by atoms with Crippen LogP contribution in [-0.4, -0.2) is 15.3 Å². The number of Topliss-reactive ketones (excluding diaryl/α,β-unsaturated/α-hetero) is 1. The van der Waals surface area contributed by atoms with Crippen molar-refractivity contribution in [3.8, 4) is 10.4 Å². The van der Waals surface area contributed by atoms with Crippen molar-refractivity contribution in [1.82, 2.24) is 9.55 Å². The molecule has 5 aromatic rings. The zero-order valence-electron chi connectivity index (χ0n) is 14.7. The molecule has 0 saturated heterocycles. The van der Waals surface area contributed by atoms with Crippen LogP contribution < -0.4 is 5.56 Å². The van der Waals surface area contributed by atoms with E-state index in [9.17, 15) is 9.59 Å². The van der Waals surface area contributed by atoms with Crippen molar-refractivity contribution >= 4 is 38.3 Å². The first-order chi connectivity index (χ1) is 13.7. The monoisotopic (exact) mass is 386 g/mol. The summed E-state index contributed by atoms with van der Waals surface area (Å²) in [7, 11) is 0. The van der Waals surface area contributed by atoms with Crippen LogP contribution in [0.1, 0.15) is 10.6 Å². The van der Waals surface area contributed by atoms with Gasteiger partial charge in [-0.3, -0.25) is 14.2 Å². The summed E-state index contributed by atoms with van der Waals surface area (Å²) in [5.41, 5.74) is 1.46. The van der Waals surface area contributed by atoms with Crippen molar-refractivity contribution in [2.75, 3.05) is 0 Å². The minimum atomic E-state index is -0.266. The molecule has 136 valence electrons. The van der Waals surface area contributed by atoms with E-state index in [1.165, 1.54) is 22.2 Å². The van der Waals surface area contributed by atoms with Gasteiger partial charge in [-0.2, -0.15) is 0 Å². The molecule has 0 spiro atoms. The van der Waals surface area contributed by atoms with Crippen LogP contribution in [0, 0.1) is 0 Å². The van der Waals surface area contributed by atoms with Crippen molar-refractivity contribution < 1.29 is 9.21 Å². The number of fused-ring (bicyclic) bond motifs is 2. The van der Waals surface area contributed by atoms with E-state index in [4.69, 9.17) is 4.42 Å². The molecule has 6 heteroatoms. The Bertz CT molecular complexity index is 1350. The maximum absolute atomic E-state index is 12.9. The number of aromatic nitrogens is 2. The second kappa shape index (κ2) is 6.58. The fraction of sp³-hybridized carbons (Fsp3) is 0.0455. The lowest BCUT2D eigenvalue weighted by Crippen LogP contribution is -2.24. The lowest BCUT2D eigenvalue weighted by molar-refractivity contribution is 0.0945. The Labute approximate surface area is 163 Å². The molecule has 3 aromatic heterocycles. The van der Waals surface area contributed by atoms with Gasteiger partial charge in [0.2, 0.25) is 5.78 Å². The average Bonchev–Trinajstić information content (AvgIpc) is 3.35. The van der Waals surface area contributed by atoms with E-state index in [2.05, 4.69) is 4.98 Å². The highest BCUT2D eigenvalue weighted by Crippen LogP contribution is 2.30. The Morgan fingerprint density at radius 1 is 1.04 bits per heavy atom. The summed E-state index contributed by atoms with van der Waals surface area (Å²) in [5.74, 6) is -0.0264. The van der Waals surface area contributed by atoms with Crippen LogP contribution >= 0.6 is 11.3 Å². The molecular formula is C22H14N2O3S.